The van der Waals surface area contributed by atoms with E-state index >= 15 is 0 Å². The van der Waals surface area contributed by atoms with E-state index in [0.717, 1.165) is 5.56 Å². The molecular formula is C28H23NO7. The topological polar surface area (TPSA) is 106 Å². The number of hydrogen-bond acceptors (Lipinski definition) is 7. The van der Waals surface area contributed by atoms with Gasteiger partial charge in [0.1, 0.15) is 40.9 Å². The number of carbonyl (C=O) groups is 2. The standard InChI is InChI=1S/C28H23NO7/c30-22-14-20(15-25-26(22)23(31)16-24(36-25)19-10-5-2-6-11-19)35-27(32)21-12-7-13-29(21)28(33)34-17-18-8-3-1-4-9-18/h1-6,8-11,14-16,21,30H,7,12-13,17H2. The summed E-state index contributed by atoms with van der Waals surface area (Å²) >= 11 is 0. The molecule has 0 aliphatic carbocycles. The molecule has 1 saturated heterocycles. The Morgan fingerprint density at radius 3 is 2.47 bits per heavy atom. The van der Waals surface area contributed by atoms with Gasteiger partial charge in [0.2, 0.25) is 0 Å². The maximum atomic E-state index is 13.0. The highest BCUT2D eigenvalue weighted by molar-refractivity contribution is 5.88. The number of esters is 1. The Kier molecular flexibility index (Phi) is 6.40. The number of benzene rings is 3. The molecule has 1 aliphatic heterocycles. The molecule has 1 fully saturated rings. The minimum atomic E-state index is -0.825. The number of carbonyl (C=O) groups excluding carboxylic acids is 2. The van der Waals surface area contributed by atoms with Crippen LogP contribution in [0.5, 0.6) is 11.5 Å². The summed E-state index contributed by atoms with van der Waals surface area (Å²) in [5, 5.41) is 10.4. The second kappa shape index (κ2) is 9.95. The normalized spacial score (nSPS) is 15.1. The zero-order valence-electron chi connectivity index (χ0n) is 19.3. The second-order valence-electron chi connectivity index (χ2n) is 8.47. The molecule has 5 rings (SSSR count). The van der Waals surface area contributed by atoms with Crippen LogP contribution in [0.15, 0.2) is 88.1 Å². The van der Waals surface area contributed by atoms with Crippen molar-refractivity contribution in [2.24, 2.45) is 0 Å². The molecule has 1 N–H and O–H groups in total. The van der Waals surface area contributed by atoms with E-state index in [2.05, 4.69) is 0 Å². The lowest BCUT2D eigenvalue weighted by Gasteiger charge is -2.22. The quantitative estimate of drug-likeness (QED) is 0.317. The van der Waals surface area contributed by atoms with Crippen LogP contribution < -0.4 is 10.2 Å². The van der Waals surface area contributed by atoms with E-state index in [-0.39, 0.29) is 29.1 Å². The summed E-state index contributed by atoms with van der Waals surface area (Å²) in [7, 11) is 0. The van der Waals surface area contributed by atoms with Crippen molar-refractivity contribution >= 4 is 23.0 Å². The van der Waals surface area contributed by atoms with Gasteiger partial charge in [-0.3, -0.25) is 9.69 Å². The van der Waals surface area contributed by atoms with E-state index in [9.17, 15) is 19.5 Å². The third-order valence-corrected chi connectivity index (χ3v) is 6.02. The Balaban J connectivity index is 1.34. The van der Waals surface area contributed by atoms with Crippen LogP contribution in [0.1, 0.15) is 18.4 Å². The Labute approximate surface area is 206 Å². The summed E-state index contributed by atoms with van der Waals surface area (Å²) in [5.41, 5.74) is 1.18. The lowest BCUT2D eigenvalue weighted by Crippen LogP contribution is -2.42. The first-order valence-corrected chi connectivity index (χ1v) is 11.5. The Morgan fingerprint density at radius 2 is 1.72 bits per heavy atom. The number of fused-ring (bicyclic) bond motifs is 1. The highest BCUT2D eigenvalue weighted by atomic mass is 16.6. The lowest BCUT2D eigenvalue weighted by atomic mass is 10.1. The Bertz CT molecular complexity index is 1460. The molecular weight excluding hydrogens is 462 g/mol. The van der Waals surface area contributed by atoms with Crippen molar-refractivity contribution in [1.82, 2.24) is 4.90 Å². The third-order valence-electron chi connectivity index (χ3n) is 6.02. The predicted molar refractivity (Wildman–Crippen MR) is 132 cm³/mol. The first-order chi connectivity index (χ1) is 17.5. The molecule has 8 nitrogen and oxygen atoms in total. The van der Waals surface area contributed by atoms with Crippen LogP contribution in [0, 0.1) is 0 Å². The van der Waals surface area contributed by atoms with E-state index < -0.39 is 23.5 Å². The van der Waals surface area contributed by atoms with Crippen molar-refractivity contribution in [3.05, 3.63) is 94.6 Å². The Hall–Kier alpha value is -4.59. The molecule has 1 aromatic heterocycles. The number of aromatic hydroxyl groups is 1. The van der Waals surface area contributed by atoms with E-state index in [0.29, 0.717) is 30.7 Å². The molecule has 2 heterocycles. The average molecular weight is 485 g/mol. The predicted octanol–water partition coefficient (Wildman–Crippen LogP) is 4.87. The highest BCUT2D eigenvalue weighted by Crippen LogP contribution is 2.32. The van der Waals surface area contributed by atoms with Crippen LogP contribution in [0.25, 0.3) is 22.3 Å². The molecule has 4 aromatic rings. The number of likely N-dealkylation sites (tertiary alicyclic amines) is 1. The van der Waals surface area contributed by atoms with Gasteiger partial charge >= 0.3 is 12.1 Å². The van der Waals surface area contributed by atoms with Crippen LogP contribution in [0.4, 0.5) is 4.79 Å². The lowest BCUT2D eigenvalue weighted by molar-refractivity contribution is -0.139. The highest BCUT2D eigenvalue weighted by Gasteiger charge is 2.36. The van der Waals surface area contributed by atoms with Crippen LogP contribution in [-0.4, -0.2) is 34.7 Å². The van der Waals surface area contributed by atoms with Gasteiger partial charge in [0, 0.05) is 30.3 Å². The van der Waals surface area contributed by atoms with Crippen molar-refractivity contribution < 1.29 is 28.6 Å². The summed E-state index contributed by atoms with van der Waals surface area (Å²) in [4.78, 5) is 39.6. The number of rotatable bonds is 5. The fraction of sp³-hybridized carbons (Fsp3) is 0.179. The summed E-state index contributed by atoms with van der Waals surface area (Å²) in [6, 6.07) is 21.4. The first kappa shape index (κ1) is 23.2. The number of hydrogen-bond donors (Lipinski definition) is 1. The second-order valence-corrected chi connectivity index (χ2v) is 8.47. The van der Waals surface area contributed by atoms with Crippen molar-refractivity contribution in [2.75, 3.05) is 6.54 Å². The van der Waals surface area contributed by atoms with Crippen molar-refractivity contribution in [1.29, 1.82) is 0 Å². The van der Waals surface area contributed by atoms with Crippen LogP contribution in [0.3, 0.4) is 0 Å². The number of ether oxygens (including phenoxy) is 2. The summed E-state index contributed by atoms with van der Waals surface area (Å²) in [5.74, 6) is -0.708. The van der Waals surface area contributed by atoms with Gasteiger partial charge in [0.05, 0.1) is 0 Å². The molecule has 1 amide bonds. The molecule has 36 heavy (non-hydrogen) atoms. The Morgan fingerprint density at radius 1 is 1.00 bits per heavy atom. The van der Waals surface area contributed by atoms with Crippen molar-refractivity contribution in [2.45, 2.75) is 25.5 Å². The molecule has 1 atom stereocenters. The molecule has 8 heteroatoms. The molecule has 0 spiro atoms. The first-order valence-electron chi connectivity index (χ1n) is 11.5. The van der Waals surface area contributed by atoms with E-state index in [1.165, 1.54) is 23.1 Å². The SMILES string of the molecule is O=C(Oc1cc(O)c2c(=O)cc(-c3ccccc3)oc2c1)C1CCCN1C(=O)OCc1ccccc1. The number of amides is 1. The largest absolute Gasteiger partial charge is 0.507 e. The van der Waals surface area contributed by atoms with Gasteiger partial charge in [-0.25, -0.2) is 9.59 Å². The number of phenols is 1. The van der Waals surface area contributed by atoms with Crippen molar-refractivity contribution in [3.63, 3.8) is 0 Å². The molecule has 1 unspecified atom stereocenters. The van der Waals surface area contributed by atoms with E-state index in [4.69, 9.17) is 13.9 Å². The minimum absolute atomic E-state index is 0.00265. The van der Waals surface area contributed by atoms with Gasteiger partial charge in [0.15, 0.2) is 5.43 Å². The zero-order chi connectivity index (χ0) is 25.1. The zero-order valence-corrected chi connectivity index (χ0v) is 19.3. The third kappa shape index (κ3) is 4.79. The van der Waals surface area contributed by atoms with Crippen LogP contribution in [-0.2, 0) is 16.1 Å². The molecule has 0 bridgehead atoms. The number of nitrogens with zero attached hydrogens (tertiary/aromatic N) is 1. The van der Waals surface area contributed by atoms with Crippen LogP contribution >= 0.6 is 0 Å². The van der Waals surface area contributed by atoms with Crippen molar-refractivity contribution in [3.8, 4) is 22.8 Å². The molecule has 0 radical (unpaired) electrons. The van der Waals surface area contributed by atoms with Crippen LogP contribution in [0.2, 0.25) is 0 Å². The van der Waals surface area contributed by atoms with Gasteiger partial charge in [-0.15, -0.1) is 0 Å². The maximum absolute atomic E-state index is 13.0. The molecule has 0 saturated carbocycles. The number of phenolic OH excluding ortho intramolecular Hbond substituents is 1. The minimum Gasteiger partial charge on any atom is -0.507 e. The fourth-order valence-corrected chi connectivity index (χ4v) is 4.26. The summed E-state index contributed by atoms with van der Waals surface area (Å²) in [6.45, 7) is 0.463. The molecule has 1 aliphatic rings. The van der Waals surface area contributed by atoms with E-state index in [1.807, 2.05) is 48.5 Å². The van der Waals surface area contributed by atoms with Gasteiger partial charge in [0.25, 0.3) is 0 Å². The average Bonchev–Trinajstić information content (AvgIpc) is 3.38. The smallest absolute Gasteiger partial charge is 0.410 e. The fourth-order valence-electron chi connectivity index (χ4n) is 4.26. The molecule has 182 valence electrons. The van der Waals surface area contributed by atoms with Gasteiger partial charge < -0.3 is 19.0 Å². The van der Waals surface area contributed by atoms with Gasteiger partial charge in [-0.1, -0.05) is 60.7 Å². The molecule has 3 aromatic carbocycles. The van der Waals surface area contributed by atoms with Gasteiger partial charge in [-0.05, 0) is 18.4 Å². The maximum Gasteiger partial charge on any atom is 0.410 e. The van der Waals surface area contributed by atoms with Gasteiger partial charge in [-0.2, -0.15) is 0 Å². The van der Waals surface area contributed by atoms with E-state index in [1.54, 1.807) is 12.1 Å². The monoisotopic (exact) mass is 485 g/mol. The summed E-state index contributed by atoms with van der Waals surface area (Å²) in [6.07, 6.45) is 0.447. The summed E-state index contributed by atoms with van der Waals surface area (Å²) < 4.78 is 16.7.